The lowest BCUT2D eigenvalue weighted by atomic mass is 10.2. The summed E-state index contributed by atoms with van der Waals surface area (Å²) in [6.45, 7) is 2.04. The van der Waals surface area contributed by atoms with E-state index >= 15 is 0 Å². The highest BCUT2D eigenvalue weighted by Crippen LogP contribution is 2.33. The van der Waals surface area contributed by atoms with Crippen molar-refractivity contribution < 1.29 is 4.79 Å². The number of halogens is 2. The van der Waals surface area contributed by atoms with Gasteiger partial charge in [0.1, 0.15) is 0 Å². The van der Waals surface area contributed by atoms with E-state index in [1.165, 1.54) is 28.2 Å². The van der Waals surface area contributed by atoms with Crippen LogP contribution < -0.4 is 5.32 Å². The fourth-order valence-corrected chi connectivity index (χ4v) is 4.59. The first-order valence-electron chi connectivity index (χ1n) is 5.66. The maximum absolute atomic E-state index is 12.1. The Kier molecular flexibility index (Phi) is 3.94. The van der Waals surface area contributed by atoms with Crippen LogP contribution in [0, 0.1) is 6.92 Å². The van der Waals surface area contributed by atoms with Crippen LogP contribution >= 0.6 is 54.5 Å². The summed E-state index contributed by atoms with van der Waals surface area (Å²) in [5.74, 6) is -0.142. The Morgan fingerprint density at radius 1 is 1.25 bits per heavy atom. The van der Waals surface area contributed by atoms with Gasteiger partial charge in [0, 0.05) is 4.47 Å². The molecule has 0 atom stereocenters. The van der Waals surface area contributed by atoms with Crippen molar-refractivity contribution in [2.45, 2.75) is 6.92 Å². The number of aryl methyl sites for hydroxylation is 1. The van der Waals surface area contributed by atoms with E-state index in [1.807, 2.05) is 19.1 Å². The van der Waals surface area contributed by atoms with E-state index in [0.717, 1.165) is 18.5 Å². The number of rotatable bonds is 2. The Morgan fingerprint density at radius 3 is 2.75 bits per heavy atom. The zero-order valence-corrected chi connectivity index (χ0v) is 15.0. The Labute approximate surface area is 140 Å². The second-order valence-electron chi connectivity index (χ2n) is 4.18. The maximum Gasteiger partial charge on any atom is 0.267 e. The molecule has 102 valence electrons. The summed E-state index contributed by atoms with van der Waals surface area (Å²) in [7, 11) is 0. The highest BCUT2D eigenvalue weighted by atomic mass is 79.9. The number of hydrogen-bond donors (Lipinski definition) is 1. The van der Waals surface area contributed by atoms with Gasteiger partial charge in [0.2, 0.25) is 0 Å². The van der Waals surface area contributed by atoms with Crippen molar-refractivity contribution in [3.63, 3.8) is 0 Å². The average Bonchev–Trinajstić information content (AvgIpc) is 2.93. The first-order valence-corrected chi connectivity index (χ1v) is 8.88. The number of nitrogens with zero attached hydrogens (tertiary/aromatic N) is 1. The van der Waals surface area contributed by atoms with Crippen LogP contribution in [0.3, 0.4) is 0 Å². The Hall–Kier alpha value is -0.760. The van der Waals surface area contributed by atoms with E-state index in [2.05, 4.69) is 48.2 Å². The fourth-order valence-electron chi connectivity index (χ4n) is 1.70. The van der Waals surface area contributed by atoms with Gasteiger partial charge in [0.15, 0.2) is 5.13 Å². The van der Waals surface area contributed by atoms with Gasteiger partial charge in [-0.05, 0) is 62.5 Å². The van der Waals surface area contributed by atoms with E-state index in [-0.39, 0.29) is 5.91 Å². The number of carbonyl (C=O) groups is 1. The highest BCUT2D eigenvalue weighted by Gasteiger charge is 2.14. The molecular formula is C13H8Br2N2OS2. The van der Waals surface area contributed by atoms with Gasteiger partial charge < -0.3 is 0 Å². The number of hydrogen-bond acceptors (Lipinski definition) is 4. The van der Waals surface area contributed by atoms with E-state index < -0.39 is 0 Å². The topological polar surface area (TPSA) is 42.0 Å². The third-order valence-electron chi connectivity index (χ3n) is 2.63. The molecule has 0 saturated carbocycles. The van der Waals surface area contributed by atoms with E-state index in [0.29, 0.717) is 10.0 Å². The number of carbonyl (C=O) groups excluding carboxylic acids is 1. The number of thiazole rings is 1. The van der Waals surface area contributed by atoms with Gasteiger partial charge in [0.25, 0.3) is 5.91 Å². The molecule has 2 heterocycles. The normalized spacial score (nSPS) is 10.9. The van der Waals surface area contributed by atoms with E-state index in [9.17, 15) is 4.79 Å². The quantitative estimate of drug-likeness (QED) is 0.586. The van der Waals surface area contributed by atoms with Crippen LogP contribution in [0.15, 0.2) is 32.5 Å². The Morgan fingerprint density at radius 2 is 2.05 bits per heavy atom. The zero-order chi connectivity index (χ0) is 14.3. The van der Waals surface area contributed by atoms with Crippen LogP contribution in [0.25, 0.3) is 10.2 Å². The summed E-state index contributed by atoms with van der Waals surface area (Å²) < 4.78 is 2.86. The lowest BCUT2D eigenvalue weighted by Crippen LogP contribution is -2.09. The first-order chi connectivity index (χ1) is 9.52. The standard InChI is InChI=1S/C13H8Br2N2OS2/c1-6-2-3-8-9(4-6)20-13(16-8)17-12(18)10-5-7(14)11(15)19-10/h2-5H,1H3,(H,16,17,18). The minimum Gasteiger partial charge on any atom is -0.297 e. The predicted molar refractivity (Wildman–Crippen MR) is 92.0 cm³/mol. The third-order valence-corrected chi connectivity index (χ3v) is 6.82. The Balaban J connectivity index is 1.87. The molecule has 3 nitrogen and oxygen atoms in total. The predicted octanol–water partition coefficient (Wildman–Crippen LogP) is 5.44. The number of anilines is 1. The lowest BCUT2D eigenvalue weighted by Gasteiger charge is -1.96. The molecule has 3 rings (SSSR count). The molecule has 0 spiro atoms. The van der Waals surface area contributed by atoms with Crippen molar-refractivity contribution >= 4 is 75.8 Å². The third kappa shape index (κ3) is 2.81. The minimum absolute atomic E-state index is 0.142. The zero-order valence-electron chi connectivity index (χ0n) is 10.2. The molecule has 0 radical (unpaired) electrons. The summed E-state index contributed by atoms with van der Waals surface area (Å²) in [5, 5.41) is 3.47. The molecule has 7 heteroatoms. The summed E-state index contributed by atoms with van der Waals surface area (Å²) in [5.41, 5.74) is 2.09. The molecule has 3 aromatic rings. The molecule has 1 N–H and O–H groups in total. The van der Waals surface area contributed by atoms with Gasteiger partial charge in [0.05, 0.1) is 18.9 Å². The number of nitrogens with one attached hydrogen (secondary N) is 1. The molecule has 0 aliphatic rings. The summed E-state index contributed by atoms with van der Waals surface area (Å²) in [6, 6.07) is 7.85. The molecule has 1 amide bonds. The monoisotopic (exact) mass is 430 g/mol. The van der Waals surface area contributed by atoms with Crippen LogP contribution in [-0.4, -0.2) is 10.9 Å². The fraction of sp³-hybridized carbons (Fsp3) is 0.0769. The average molecular weight is 432 g/mol. The number of aromatic nitrogens is 1. The van der Waals surface area contributed by atoms with Crippen molar-refractivity contribution in [1.29, 1.82) is 0 Å². The van der Waals surface area contributed by atoms with Crippen LogP contribution in [0.5, 0.6) is 0 Å². The second kappa shape index (κ2) is 5.55. The Bertz CT molecular complexity index is 790. The molecule has 0 fully saturated rings. The SMILES string of the molecule is Cc1ccc2nc(NC(=O)c3cc(Br)c(Br)s3)sc2c1. The van der Waals surface area contributed by atoms with E-state index in [4.69, 9.17) is 0 Å². The van der Waals surface area contributed by atoms with Gasteiger partial charge in [-0.3, -0.25) is 10.1 Å². The maximum atomic E-state index is 12.1. The number of benzene rings is 1. The van der Waals surface area contributed by atoms with Crippen molar-refractivity contribution in [2.24, 2.45) is 0 Å². The number of thiophene rings is 1. The van der Waals surface area contributed by atoms with Gasteiger partial charge in [-0.2, -0.15) is 0 Å². The molecule has 0 aliphatic carbocycles. The van der Waals surface area contributed by atoms with Crippen LogP contribution in [0.4, 0.5) is 5.13 Å². The van der Waals surface area contributed by atoms with Crippen LogP contribution in [0.2, 0.25) is 0 Å². The van der Waals surface area contributed by atoms with Gasteiger partial charge in [-0.1, -0.05) is 17.4 Å². The van der Waals surface area contributed by atoms with Crippen LogP contribution in [0.1, 0.15) is 15.2 Å². The minimum atomic E-state index is -0.142. The van der Waals surface area contributed by atoms with E-state index in [1.54, 1.807) is 6.07 Å². The van der Waals surface area contributed by atoms with Crippen molar-refractivity contribution in [1.82, 2.24) is 4.98 Å². The van der Waals surface area contributed by atoms with Gasteiger partial charge in [-0.25, -0.2) is 4.98 Å². The molecule has 0 saturated heterocycles. The molecule has 20 heavy (non-hydrogen) atoms. The van der Waals surface area contributed by atoms with Crippen molar-refractivity contribution in [3.8, 4) is 0 Å². The number of amides is 1. The van der Waals surface area contributed by atoms with Crippen molar-refractivity contribution in [3.05, 3.63) is 43.0 Å². The molecule has 0 unspecified atom stereocenters. The van der Waals surface area contributed by atoms with Crippen LogP contribution in [-0.2, 0) is 0 Å². The second-order valence-corrected chi connectivity index (χ2v) is 8.43. The molecular weight excluding hydrogens is 424 g/mol. The van der Waals surface area contributed by atoms with Gasteiger partial charge >= 0.3 is 0 Å². The largest absolute Gasteiger partial charge is 0.297 e. The summed E-state index contributed by atoms with van der Waals surface area (Å²) >= 11 is 9.63. The molecule has 2 aromatic heterocycles. The van der Waals surface area contributed by atoms with Crippen molar-refractivity contribution in [2.75, 3.05) is 5.32 Å². The summed E-state index contributed by atoms with van der Waals surface area (Å²) in [6.07, 6.45) is 0. The summed E-state index contributed by atoms with van der Waals surface area (Å²) in [4.78, 5) is 17.2. The molecule has 0 aliphatic heterocycles. The molecule has 0 bridgehead atoms. The number of fused-ring (bicyclic) bond motifs is 1. The molecule has 1 aromatic carbocycles. The highest BCUT2D eigenvalue weighted by molar-refractivity contribution is 9.13. The first kappa shape index (κ1) is 14.2. The lowest BCUT2D eigenvalue weighted by molar-refractivity contribution is 0.103. The van der Waals surface area contributed by atoms with Gasteiger partial charge in [-0.15, -0.1) is 11.3 Å². The smallest absolute Gasteiger partial charge is 0.267 e.